The molecule has 1 nitrogen and oxygen atoms in total. The summed E-state index contributed by atoms with van der Waals surface area (Å²) in [4.78, 5) is 0. The Balaban J connectivity index is 2.91. The van der Waals surface area contributed by atoms with Crippen molar-refractivity contribution in [3.63, 3.8) is 0 Å². The van der Waals surface area contributed by atoms with Crippen LogP contribution in [0.2, 0.25) is 0 Å². The van der Waals surface area contributed by atoms with Gasteiger partial charge in [0.2, 0.25) is 0 Å². The summed E-state index contributed by atoms with van der Waals surface area (Å²) in [5.41, 5.74) is 0. The number of methoxy groups -OCH3 is 1. The molecule has 0 heterocycles. The molecule has 114 valence electrons. The molecule has 5 heteroatoms. The van der Waals surface area contributed by atoms with Crippen molar-refractivity contribution in [1.82, 2.24) is 0 Å². The lowest BCUT2D eigenvalue weighted by atomic mass is 10.3. The van der Waals surface area contributed by atoms with Crippen molar-refractivity contribution in [3.05, 3.63) is 24.3 Å². The van der Waals surface area contributed by atoms with Crippen LogP contribution in [0.25, 0.3) is 0 Å². The van der Waals surface area contributed by atoms with Gasteiger partial charge in [0.05, 0.1) is 11.6 Å². The van der Waals surface area contributed by atoms with Gasteiger partial charge in [0.15, 0.2) is 0 Å². The summed E-state index contributed by atoms with van der Waals surface area (Å²) in [5.74, 6) is 4.53. The molecule has 0 saturated heterocycles. The Morgan fingerprint density at radius 1 is 1.00 bits per heavy atom. The van der Waals surface area contributed by atoms with Crippen molar-refractivity contribution >= 4 is 44.3 Å². The first-order chi connectivity index (χ1) is 9.37. The van der Waals surface area contributed by atoms with Crippen LogP contribution in [-0.2, 0) is 11.8 Å². The summed E-state index contributed by atoms with van der Waals surface area (Å²) in [7, 11) is 1.70. The lowest BCUT2D eigenvalue weighted by molar-refractivity contribution is 0.415. The van der Waals surface area contributed by atoms with Gasteiger partial charge in [-0.2, -0.15) is 0 Å². The summed E-state index contributed by atoms with van der Waals surface area (Å²) in [6.45, 7) is 9.03. The Morgan fingerprint density at radius 2 is 1.45 bits per heavy atom. The summed E-state index contributed by atoms with van der Waals surface area (Å²) in [6.07, 6.45) is 0. The third-order valence-corrected chi connectivity index (χ3v) is 14.4. The Morgan fingerprint density at radius 3 is 1.80 bits per heavy atom. The van der Waals surface area contributed by atoms with Gasteiger partial charge in [-0.3, -0.25) is 0 Å². The molecule has 0 aliphatic rings. The van der Waals surface area contributed by atoms with Gasteiger partial charge in [-0.25, -0.2) is 0 Å². The topological polar surface area (TPSA) is 9.23 Å². The molecule has 0 radical (unpaired) electrons. The fraction of sp³-hybridized carbons (Fsp3) is 0.600. The van der Waals surface area contributed by atoms with Gasteiger partial charge < -0.3 is 4.74 Å². The van der Waals surface area contributed by atoms with Crippen LogP contribution in [0.3, 0.4) is 0 Å². The third kappa shape index (κ3) is 6.01. The van der Waals surface area contributed by atoms with E-state index in [0.29, 0.717) is 11.8 Å². The highest BCUT2D eigenvalue weighted by Crippen LogP contribution is 2.68. The average molecular weight is 349 g/mol. The molecule has 0 spiro atoms. The van der Waals surface area contributed by atoms with Gasteiger partial charge in [0.25, 0.3) is 0 Å². The third-order valence-electron chi connectivity index (χ3n) is 2.54. The van der Waals surface area contributed by atoms with Crippen LogP contribution in [0, 0.1) is 11.8 Å². The van der Waals surface area contributed by atoms with Gasteiger partial charge in [-0.15, -0.1) is 22.8 Å². The second kappa shape index (κ2) is 8.73. The molecule has 0 aliphatic carbocycles. The minimum atomic E-state index is -1.60. The van der Waals surface area contributed by atoms with Crippen molar-refractivity contribution in [3.8, 4) is 5.75 Å². The number of hydrogen-bond donors (Lipinski definition) is 0. The maximum atomic E-state index is 6.08. The highest BCUT2D eigenvalue weighted by Gasteiger charge is 2.22. The SMILES string of the molecule is COc1ccc(P(=S)(SCC(C)C)SCC(C)C)cc1. The number of ether oxygens (including phenoxy) is 1. The van der Waals surface area contributed by atoms with E-state index in [9.17, 15) is 0 Å². The average Bonchev–Trinajstić information content (AvgIpc) is 2.43. The van der Waals surface area contributed by atoms with Crippen molar-refractivity contribution in [2.24, 2.45) is 11.8 Å². The van der Waals surface area contributed by atoms with Crippen molar-refractivity contribution in [2.75, 3.05) is 18.6 Å². The zero-order valence-electron chi connectivity index (χ0n) is 13.0. The zero-order valence-corrected chi connectivity index (χ0v) is 16.3. The molecule has 0 N–H and O–H groups in total. The second-order valence-corrected chi connectivity index (χ2v) is 16.8. The minimum Gasteiger partial charge on any atom is -0.497 e. The molecule has 0 saturated carbocycles. The highest BCUT2D eigenvalue weighted by atomic mass is 33.2. The highest BCUT2D eigenvalue weighted by molar-refractivity contribution is 9.02. The van der Waals surface area contributed by atoms with Crippen LogP contribution < -0.4 is 10.0 Å². The molecular weight excluding hydrogens is 323 g/mol. The monoisotopic (exact) mass is 348 g/mol. The Kier molecular flexibility index (Phi) is 8.04. The molecule has 0 atom stereocenters. The first kappa shape index (κ1) is 18.4. The molecule has 1 rings (SSSR count). The molecule has 0 bridgehead atoms. The molecule has 0 unspecified atom stereocenters. The second-order valence-electron chi connectivity index (χ2n) is 5.57. The molecule has 0 aliphatic heterocycles. The molecule has 0 fully saturated rings. The Hall–Kier alpha value is 0.370. The predicted octanol–water partition coefficient (Wildman–Crippen LogP) is 5.41. The number of rotatable bonds is 8. The van der Waals surface area contributed by atoms with Gasteiger partial charge in [0, 0.05) is 16.8 Å². The fourth-order valence-corrected chi connectivity index (χ4v) is 11.4. The molecular formula is C15H25OPS3. The van der Waals surface area contributed by atoms with Gasteiger partial charge in [-0.1, -0.05) is 39.5 Å². The molecule has 0 aromatic heterocycles. The minimum absolute atomic E-state index is 0.681. The summed E-state index contributed by atoms with van der Waals surface area (Å²) in [6, 6.07) is 8.37. The smallest absolute Gasteiger partial charge is 0.118 e. The van der Waals surface area contributed by atoms with Crippen LogP contribution in [-0.4, -0.2) is 18.6 Å². The van der Waals surface area contributed by atoms with E-state index in [1.807, 2.05) is 34.9 Å². The van der Waals surface area contributed by atoms with Crippen molar-refractivity contribution in [1.29, 1.82) is 0 Å². The molecule has 20 heavy (non-hydrogen) atoms. The van der Waals surface area contributed by atoms with Crippen LogP contribution >= 0.6 is 27.2 Å². The largest absolute Gasteiger partial charge is 0.497 e. The first-order valence-electron chi connectivity index (χ1n) is 6.91. The standard InChI is InChI=1S/C15H25OPS3/c1-12(2)10-19-17(18,20-11-13(3)4)15-8-6-14(16-5)7-9-15/h6-9,12-13H,10-11H2,1-5H3. The maximum absolute atomic E-state index is 6.08. The normalized spacial score (nSPS) is 12.2. The van der Waals surface area contributed by atoms with Crippen LogP contribution in [0.4, 0.5) is 0 Å². The summed E-state index contributed by atoms with van der Waals surface area (Å²) in [5, 5.41) is 1.31. The van der Waals surface area contributed by atoms with E-state index >= 15 is 0 Å². The van der Waals surface area contributed by atoms with Crippen LogP contribution in [0.15, 0.2) is 24.3 Å². The molecule has 1 aromatic rings. The van der Waals surface area contributed by atoms with E-state index < -0.39 is 4.44 Å². The summed E-state index contributed by atoms with van der Waals surface area (Å²) >= 11 is 10.1. The molecule has 0 amide bonds. The van der Waals surface area contributed by atoms with E-state index in [4.69, 9.17) is 16.5 Å². The van der Waals surface area contributed by atoms with Crippen LogP contribution in [0.5, 0.6) is 5.75 Å². The predicted molar refractivity (Wildman–Crippen MR) is 102 cm³/mol. The Labute approximate surface area is 137 Å². The fourth-order valence-electron chi connectivity index (χ4n) is 1.45. The lowest BCUT2D eigenvalue weighted by Crippen LogP contribution is -2.03. The zero-order chi connectivity index (χ0) is 15.2. The van der Waals surface area contributed by atoms with Gasteiger partial charge >= 0.3 is 0 Å². The van der Waals surface area contributed by atoms with Crippen LogP contribution in [0.1, 0.15) is 27.7 Å². The van der Waals surface area contributed by atoms with Crippen molar-refractivity contribution < 1.29 is 4.74 Å². The van der Waals surface area contributed by atoms with E-state index in [2.05, 4.69) is 39.8 Å². The van der Waals surface area contributed by atoms with Gasteiger partial charge in [-0.05, 0) is 36.1 Å². The van der Waals surface area contributed by atoms with Crippen molar-refractivity contribution in [2.45, 2.75) is 27.7 Å². The summed E-state index contributed by atoms with van der Waals surface area (Å²) < 4.78 is 3.64. The van der Waals surface area contributed by atoms with E-state index in [0.717, 1.165) is 17.3 Å². The number of benzene rings is 1. The van der Waals surface area contributed by atoms with E-state index in [-0.39, 0.29) is 0 Å². The van der Waals surface area contributed by atoms with E-state index in [1.54, 1.807) is 7.11 Å². The Bertz CT molecular complexity index is 427. The quantitative estimate of drug-likeness (QED) is 0.581. The maximum Gasteiger partial charge on any atom is 0.118 e. The number of hydrogen-bond acceptors (Lipinski definition) is 4. The lowest BCUT2D eigenvalue weighted by Gasteiger charge is -2.23. The van der Waals surface area contributed by atoms with E-state index in [1.165, 1.54) is 5.30 Å². The molecule has 1 aromatic carbocycles. The first-order valence-corrected chi connectivity index (χ1v) is 12.9. The van der Waals surface area contributed by atoms with Gasteiger partial charge in [0.1, 0.15) is 5.75 Å².